The highest BCUT2D eigenvalue weighted by molar-refractivity contribution is 6.00. The number of fused-ring (bicyclic) bond motifs is 2. The number of hydrogen-bond donors (Lipinski definition) is 1. The first kappa shape index (κ1) is 30.2. The number of morpholine rings is 1. The highest BCUT2D eigenvalue weighted by Gasteiger charge is 2.75. The van der Waals surface area contributed by atoms with E-state index in [-0.39, 0.29) is 24.3 Å². The van der Waals surface area contributed by atoms with Gasteiger partial charge in [0.05, 0.1) is 30.7 Å². The van der Waals surface area contributed by atoms with Gasteiger partial charge in [-0.2, -0.15) is 0 Å². The van der Waals surface area contributed by atoms with Crippen molar-refractivity contribution in [2.75, 3.05) is 72.2 Å². The number of rotatable bonds is 12. The van der Waals surface area contributed by atoms with E-state index >= 15 is 0 Å². The molecule has 5 aliphatic heterocycles. The predicted molar refractivity (Wildman–Crippen MR) is 154 cm³/mol. The maximum Gasteiger partial charge on any atom is 0.249 e. The molecule has 0 radical (unpaired) electrons. The molecule has 3 amide bonds. The van der Waals surface area contributed by atoms with E-state index in [9.17, 15) is 19.5 Å². The fraction of sp³-hybridized carbons (Fsp3) is 0.774. The van der Waals surface area contributed by atoms with Crippen molar-refractivity contribution in [2.45, 2.75) is 69.6 Å². The summed E-state index contributed by atoms with van der Waals surface area (Å²) in [5, 5.41) is 9.20. The zero-order valence-corrected chi connectivity index (χ0v) is 24.8. The highest BCUT2D eigenvalue weighted by Crippen LogP contribution is 2.58. The second kappa shape index (κ2) is 12.9. The fourth-order valence-corrected chi connectivity index (χ4v) is 7.60. The van der Waals surface area contributed by atoms with Crippen LogP contribution < -0.4 is 0 Å². The lowest BCUT2D eigenvalue weighted by atomic mass is 9.73. The fourth-order valence-electron chi connectivity index (χ4n) is 7.60. The molecule has 0 aromatic carbocycles. The Bertz CT molecular complexity index is 1030. The van der Waals surface area contributed by atoms with Crippen molar-refractivity contribution in [2.24, 2.45) is 11.8 Å². The van der Waals surface area contributed by atoms with Gasteiger partial charge in [-0.3, -0.25) is 19.3 Å². The normalized spacial score (nSPS) is 33.7. The average Bonchev–Trinajstić information content (AvgIpc) is 3.27. The SMILES string of the molecule is CCCN1CC=C[C@]2(CC)O[C@]34C=CCN(CCN5CCOCC5)C(=O)C3N(CCCCCCO)C(=O)[C@@H]4[C@@H]2C1=O. The van der Waals surface area contributed by atoms with Gasteiger partial charge in [-0.1, -0.05) is 51.0 Å². The minimum atomic E-state index is -1.19. The van der Waals surface area contributed by atoms with Crippen LogP contribution in [0.1, 0.15) is 52.4 Å². The van der Waals surface area contributed by atoms with Crippen LogP contribution in [0.25, 0.3) is 0 Å². The van der Waals surface area contributed by atoms with Crippen LogP contribution in [0.2, 0.25) is 0 Å². The maximum absolute atomic E-state index is 14.5. The second-order valence-corrected chi connectivity index (χ2v) is 12.1. The summed E-state index contributed by atoms with van der Waals surface area (Å²) in [7, 11) is 0. The summed E-state index contributed by atoms with van der Waals surface area (Å²) in [5.74, 6) is -1.72. The van der Waals surface area contributed by atoms with Gasteiger partial charge in [0.15, 0.2) is 0 Å². The molecule has 1 spiro atoms. The molecule has 0 bridgehead atoms. The Morgan fingerprint density at radius 3 is 2.24 bits per heavy atom. The Kier molecular flexibility index (Phi) is 9.53. The van der Waals surface area contributed by atoms with E-state index in [0.29, 0.717) is 52.4 Å². The van der Waals surface area contributed by atoms with Gasteiger partial charge in [-0.05, 0) is 25.7 Å². The molecule has 1 unspecified atom stereocenters. The molecule has 0 aliphatic carbocycles. The topological polar surface area (TPSA) is 103 Å². The van der Waals surface area contributed by atoms with Gasteiger partial charge < -0.3 is 29.3 Å². The lowest BCUT2D eigenvalue weighted by Gasteiger charge is -2.39. The second-order valence-electron chi connectivity index (χ2n) is 12.1. The molecular weight excluding hydrogens is 524 g/mol. The van der Waals surface area contributed by atoms with Crippen LogP contribution in [0.3, 0.4) is 0 Å². The van der Waals surface area contributed by atoms with Gasteiger partial charge in [0.25, 0.3) is 0 Å². The average molecular weight is 573 g/mol. The van der Waals surface area contributed by atoms with Crippen molar-refractivity contribution in [1.82, 2.24) is 19.6 Å². The summed E-state index contributed by atoms with van der Waals surface area (Å²) in [6.07, 6.45) is 12.5. The first-order chi connectivity index (χ1) is 19.9. The van der Waals surface area contributed by atoms with Crippen molar-refractivity contribution in [3.8, 4) is 0 Å². The zero-order chi connectivity index (χ0) is 29.0. The standard InChI is InChI=1S/C31H48N4O6/c1-3-13-33-14-9-11-30(4-2)24(27(33)37)25-28(38)35(16-7-5-6-8-21-36)26-29(39)34(15-10-12-31(25,26)41-30)18-17-32-19-22-40-23-20-32/h9-12,24-26,36H,3-8,13-23H2,1-2H3/t24-,25+,26?,30+,31+/m1/s1. The zero-order valence-electron chi connectivity index (χ0n) is 24.8. The smallest absolute Gasteiger partial charge is 0.249 e. The quantitative estimate of drug-likeness (QED) is 0.279. The van der Waals surface area contributed by atoms with Crippen molar-refractivity contribution >= 4 is 17.7 Å². The minimum absolute atomic E-state index is 0.0493. The monoisotopic (exact) mass is 572 g/mol. The summed E-state index contributed by atoms with van der Waals surface area (Å²) in [5.41, 5.74) is -2.12. The lowest BCUT2D eigenvalue weighted by molar-refractivity contribution is -0.154. The number of nitrogens with zero attached hydrogens (tertiary/aromatic N) is 4. The molecule has 228 valence electrons. The maximum atomic E-state index is 14.5. The van der Waals surface area contributed by atoms with Gasteiger partial charge in [0, 0.05) is 59.0 Å². The molecule has 0 aromatic heterocycles. The number of unbranched alkanes of at least 4 members (excludes halogenated alkanes) is 3. The lowest BCUT2D eigenvalue weighted by Crippen LogP contribution is -2.57. The Morgan fingerprint density at radius 1 is 0.829 bits per heavy atom. The molecule has 5 heterocycles. The number of amides is 3. The number of aliphatic hydroxyl groups is 1. The van der Waals surface area contributed by atoms with E-state index in [4.69, 9.17) is 9.47 Å². The predicted octanol–water partition coefficient (Wildman–Crippen LogP) is 1.44. The molecule has 3 saturated heterocycles. The first-order valence-corrected chi connectivity index (χ1v) is 15.8. The molecule has 10 nitrogen and oxygen atoms in total. The molecule has 5 rings (SSSR count). The van der Waals surface area contributed by atoms with Crippen LogP contribution in [0.5, 0.6) is 0 Å². The molecule has 10 heteroatoms. The Hall–Kier alpha value is -2.27. The Balaban J connectivity index is 1.48. The third-order valence-corrected chi connectivity index (χ3v) is 9.70. The van der Waals surface area contributed by atoms with Gasteiger partial charge in [0.2, 0.25) is 17.7 Å². The summed E-state index contributed by atoms with van der Waals surface area (Å²) < 4.78 is 12.5. The van der Waals surface area contributed by atoms with E-state index in [1.165, 1.54) is 0 Å². The first-order valence-electron chi connectivity index (χ1n) is 15.8. The number of carbonyl (C=O) groups excluding carboxylic acids is 3. The van der Waals surface area contributed by atoms with E-state index in [0.717, 1.165) is 51.7 Å². The Labute approximate surface area is 244 Å². The third-order valence-electron chi connectivity index (χ3n) is 9.70. The summed E-state index contributed by atoms with van der Waals surface area (Å²) in [6, 6.07) is -0.808. The molecule has 3 fully saturated rings. The molecule has 41 heavy (non-hydrogen) atoms. The summed E-state index contributed by atoms with van der Waals surface area (Å²) in [4.78, 5) is 50.8. The Morgan fingerprint density at radius 2 is 1.54 bits per heavy atom. The van der Waals surface area contributed by atoms with Crippen LogP contribution in [-0.2, 0) is 23.9 Å². The van der Waals surface area contributed by atoms with Crippen molar-refractivity contribution in [3.05, 3.63) is 24.3 Å². The number of carbonyl (C=O) groups is 3. The van der Waals surface area contributed by atoms with Crippen LogP contribution in [0.4, 0.5) is 0 Å². The third kappa shape index (κ3) is 5.48. The van der Waals surface area contributed by atoms with E-state index in [2.05, 4.69) is 11.8 Å². The molecule has 0 aromatic rings. The van der Waals surface area contributed by atoms with Gasteiger partial charge in [-0.15, -0.1) is 0 Å². The highest BCUT2D eigenvalue weighted by atomic mass is 16.5. The number of hydrogen-bond acceptors (Lipinski definition) is 7. The van der Waals surface area contributed by atoms with Gasteiger partial charge in [0.1, 0.15) is 11.6 Å². The number of likely N-dealkylation sites (tertiary alicyclic amines) is 1. The van der Waals surface area contributed by atoms with E-state index in [1.54, 1.807) is 4.90 Å². The van der Waals surface area contributed by atoms with Gasteiger partial charge >= 0.3 is 0 Å². The van der Waals surface area contributed by atoms with E-state index in [1.807, 2.05) is 41.0 Å². The van der Waals surface area contributed by atoms with Crippen molar-refractivity contribution < 1.29 is 29.0 Å². The van der Waals surface area contributed by atoms with Crippen molar-refractivity contribution in [1.29, 1.82) is 0 Å². The number of aliphatic hydroxyl groups excluding tert-OH is 1. The molecule has 1 N–H and O–H groups in total. The van der Waals surface area contributed by atoms with E-state index < -0.39 is 29.1 Å². The van der Waals surface area contributed by atoms with Crippen LogP contribution >= 0.6 is 0 Å². The van der Waals surface area contributed by atoms with Gasteiger partial charge in [-0.25, -0.2) is 0 Å². The largest absolute Gasteiger partial charge is 0.396 e. The molecule has 5 aliphatic rings. The minimum Gasteiger partial charge on any atom is -0.396 e. The summed E-state index contributed by atoms with van der Waals surface area (Å²) in [6.45, 7) is 10.6. The number of ether oxygens (including phenoxy) is 2. The molecular formula is C31H48N4O6. The van der Waals surface area contributed by atoms with Crippen LogP contribution in [0, 0.1) is 11.8 Å². The van der Waals surface area contributed by atoms with Crippen molar-refractivity contribution in [3.63, 3.8) is 0 Å². The molecule has 5 atom stereocenters. The summed E-state index contributed by atoms with van der Waals surface area (Å²) >= 11 is 0. The van der Waals surface area contributed by atoms with Crippen LogP contribution in [-0.4, -0.2) is 132 Å². The molecule has 0 saturated carbocycles. The van der Waals surface area contributed by atoms with Crippen LogP contribution in [0.15, 0.2) is 24.3 Å².